The topological polar surface area (TPSA) is 49.3 Å². The molecule has 0 aliphatic rings. The maximum absolute atomic E-state index is 5.95. The lowest BCUT2D eigenvalue weighted by atomic mass is 10.1. The summed E-state index contributed by atoms with van der Waals surface area (Å²) in [5, 5.41) is 3.94. The second-order valence-electron chi connectivity index (χ2n) is 7.17. The highest BCUT2D eigenvalue weighted by atomic mass is 16.6. The van der Waals surface area contributed by atoms with Gasteiger partial charge in [0.2, 0.25) is 0 Å². The first kappa shape index (κ1) is 23.5. The van der Waals surface area contributed by atoms with E-state index in [-0.39, 0.29) is 0 Å². The van der Waals surface area contributed by atoms with Crippen LogP contribution in [0.5, 0.6) is 11.5 Å². The van der Waals surface area contributed by atoms with Crippen molar-refractivity contribution in [3.8, 4) is 11.5 Å². The number of ether oxygens (including phenoxy) is 3. The molecule has 0 spiro atoms. The molecule has 0 saturated carbocycles. The van der Waals surface area contributed by atoms with E-state index >= 15 is 0 Å². The van der Waals surface area contributed by atoms with Crippen molar-refractivity contribution >= 4 is 5.71 Å². The monoisotopic (exact) mass is 411 g/mol. The van der Waals surface area contributed by atoms with Crippen LogP contribution in [0.25, 0.3) is 0 Å². The van der Waals surface area contributed by atoms with Crippen LogP contribution >= 0.6 is 0 Å². The number of hydrogen-bond donors (Lipinski definition) is 0. The van der Waals surface area contributed by atoms with Crippen molar-refractivity contribution < 1.29 is 19.0 Å². The van der Waals surface area contributed by atoms with Crippen LogP contribution in [-0.2, 0) is 22.6 Å². The summed E-state index contributed by atoms with van der Waals surface area (Å²) in [6, 6.07) is 12.4. The minimum Gasteiger partial charge on any atom is -0.491 e. The molecular formula is C25H33NO4. The number of allylic oxidation sites excluding steroid dienone is 1. The zero-order valence-electron chi connectivity index (χ0n) is 18.7. The van der Waals surface area contributed by atoms with E-state index in [0.29, 0.717) is 26.4 Å². The van der Waals surface area contributed by atoms with Crippen LogP contribution in [0, 0.1) is 13.8 Å². The van der Waals surface area contributed by atoms with Crippen molar-refractivity contribution in [2.24, 2.45) is 5.16 Å². The fraction of sp³-hybridized carbons (Fsp3) is 0.400. The summed E-state index contributed by atoms with van der Waals surface area (Å²) in [7, 11) is 1.56. The van der Waals surface area contributed by atoms with Gasteiger partial charge in [-0.1, -0.05) is 41.6 Å². The van der Waals surface area contributed by atoms with E-state index in [9.17, 15) is 0 Å². The van der Waals surface area contributed by atoms with Crippen LogP contribution in [0.1, 0.15) is 36.1 Å². The molecule has 2 aromatic carbocycles. The van der Waals surface area contributed by atoms with Crippen molar-refractivity contribution in [1.82, 2.24) is 0 Å². The number of benzene rings is 2. The molecule has 30 heavy (non-hydrogen) atoms. The summed E-state index contributed by atoms with van der Waals surface area (Å²) in [4.78, 5) is 4.80. The second-order valence-corrected chi connectivity index (χ2v) is 7.17. The van der Waals surface area contributed by atoms with Gasteiger partial charge in [0.1, 0.15) is 31.8 Å². The smallest absolute Gasteiger partial charge is 0.125 e. The lowest BCUT2D eigenvalue weighted by molar-refractivity contribution is 0.0884. The number of aryl methyl sites for hydroxylation is 2. The third-order valence-corrected chi connectivity index (χ3v) is 4.49. The summed E-state index contributed by atoms with van der Waals surface area (Å²) in [5.74, 6) is 1.76. The highest BCUT2D eigenvalue weighted by Gasteiger charge is 2.07. The summed E-state index contributed by atoms with van der Waals surface area (Å²) < 4.78 is 17.4. The molecule has 5 nitrogen and oxygen atoms in total. The molecule has 0 saturated heterocycles. The Bertz CT molecular complexity index is 818. The first-order chi connectivity index (χ1) is 14.5. The van der Waals surface area contributed by atoms with Gasteiger partial charge in [0.05, 0.1) is 18.9 Å². The maximum atomic E-state index is 5.95. The van der Waals surface area contributed by atoms with Crippen molar-refractivity contribution in [2.75, 3.05) is 26.9 Å². The van der Waals surface area contributed by atoms with Gasteiger partial charge in [-0.3, -0.25) is 0 Å². The van der Waals surface area contributed by atoms with Gasteiger partial charge in [-0.25, -0.2) is 0 Å². The molecule has 5 heteroatoms. The number of oxime groups is 1. The lowest BCUT2D eigenvalue weighted by Gasteiger charge is -2.14. The van der Waals surface area contributed by atoms with E-state index in [4.69, 9.17) is 19.0 Å². The van der Waals surface area contributed by atoms with Crippen molar-refractivity contribution in [3.05, 3.63) is 70.8 Å². The van der Waals surface area contributed by atoms with E-state index in [1.165, 1.54) is 5.56 Å². The molecule has 0 N–H and O–H groups in total. The molecule has 0 aliphatic heterocycles. The first-order valence-corrected chi connectivity index (χ1v) is 10.2. The molecule has 0 aromatic heterocycles. The van der Waals surface area contributed by atoms with E-state index in [2.05, 4.69) is 29.4 Å². The van der Waals surface area contributed by atoms with Gasteiger partial charge in [0.25, 0.3) is 0 Å². The second kappa shape index (κ2) is 12.7. The van der Waals surface area contributed by atoms with Crippen LogP contribution in [0.3, 0.4) is 0 Å². The van der Waals surface area contributed by atoms with Crippen LogP contribution in [0.2, 0.25) is 0 Å². The van der Waals surface area contributed by atoms with Crippen LogP contribution in [-0.4, -0.2) is 32.6 Å². The Morgan fingerprint density at radius 3 is 2.27 bits per heavy atom. The lowest BCUT2D eigenvalue weighted by Crippen LogP contribution is -2.08. The van der Waals surface area contributed by atoms with Gasteiger partial charge in [-0.05, 0) is 62.1 Å². The molecule has 0 fully saturated rings. The van der Waals surface area contributed by atoms with Gasteiger partial charge < -0.3 is 19.0 Å². The summed E-state index contributed by atoms with van der Waals surface area (Å²) in [5.41, 5.74) is 5.41. The molecular weight excluding hydrogens is 378 g/mol. The normalized spacial score (nSPS) is 11.7. The van der Waals surface area contributed by atoms with Gasteiger partial charge in [0.15, 0.2) is 0 Å². The highest BCUT2D eigenvalue weighted by Crippen LogP contribution is 2.28. The molecule has 0 heterocycles. The van der Waals surface area contributed by atoms with Gasteiger partial charge >= 0.3 is 0 Å². The average molecular weight is 412 g/mol. The molecule has 0 radical (unpaired) electrons. The average Bonchev–Trinajstić information content (AvgIpc) is 2.71. The zero-order chi connectivity index (χ0) is 21.8. The zero-order valence-corrected chi connectivity index (χ0v) is 18.7. The molecule has 2 aromatic rings. The summed E-state index contributed by atoms with van der Waals surface area (Å²) >= 11 is 0. The van der Waals surface area contributed by atoms with Crippen LogP contribution in [0.4, 0.5) is 0 Å². The van der Waals surface area contributed by atoms with Crippen molar-refractivity contribution in [1.29, 1.82) is 0 Å². The quantitative estimate of drug-likeness (QED) is 0.203. The van der Waals surface area contributed by atoms with E-state index in [0.717, 1.165) is 40.3 Å². The largest absolute Gasteiger partial charge is 0.491 e. The van der Waals surface area contributed by atoms with Gasteiger partial charge in [-0.2, -0.15) is 0 Å². The highest BCUT2D eigenvalue weighted by molar-refractivity contribution is 5.83. The number of nitrogens with zero attached hydrogens (tertiary/aromatic N) is 1. The molecule has 0 bridgehead atoms. The molecule has 162 valence electrons. The summed E-state index contributed by atoms with van der Waals surface area (Å²) in [6.07, 6.45) is 4.74. The predicted octanol–water partition coefficient (Wildman–Crippen LogP) is 5.42. The van der Waals surface area contributed by atoms with Crippen molar-refractivity contribution in [3.63, 3.8) is 0 Å². The Hall–Kier alpha value is -2.79. The third-order valence-electron chi connectivity index (χ3n) is 4.49. The SMILES string of the molecule is C/C=C/COc1cc(C)c(OCCOCc2ccc(C/C(C)=N/OC)cc2)c(C)c1. The fourth-order valence-corrected chi connectivity index (χ4v) is 3.09. The number of rotatable bonds is 12. The Morgan fingerprint density at radius 2 is 1.63 bits per heavy atom. The fourth-order valence-electron chi connectivity index (χ4n) is 3.09. The Kier molecular flexibility index (Phi) is 9.95. The molecule has 0 atom stereocenters. The molecule has 0 aliphatic carbocycles. The molecule has 2 rings (SSSR count). The van der Waals surface area contributed by atoms with E-state index < -0.39 is 0 Å². The standard InChI is InChI=1S/C25H33NO4/c1-6-7-12-29-24-15-19(2)25(20(3)16-24)30-14-13-28-18-23-10-8-22(9-11-23)17-21(4)26-27-5/h6-11,15-16H,12-14,17-18H2,1-5H3/b7-6+,26-21+. The molecule has 0 amide bonds. The van der Waals surface area contributed by atoms with Crippen molar-refractivity contribution in [2.45, 2.75) is 40.7 Å². The van der Waals surface area contributed by atoms with E-state index in [1.807, 2.05) is 52.0 Å². The Morgan fingerprint density at radius 1 is 0.967 bits per heavy atom. The van der Waals surface area contributed by atoms with E-state index in [1.54, 1.807) is 7.11 Å². The van der Waals surface area contributed by atoms with Gasteiger partial charge in [-0.15, -0.1) is 0 Å². The maximum Gasteiger partial charge on any atom is 0.125 e. The van der Waals surface area contributed by atoms with Crippen LogP contribution < -0.4 is 9.47 Å². The number of hydrogen-bond acceptors (Lipinski definition) is 5. The Labute approximate surface area is 180 Å². The Balaban J connectivity index is 1.75. The summed E-state index contributed by atoms with van der Waals surface area (Å²) in [6.45, 7) is 10.2. The third kappa shape index (κ3) is 7.91. The minimum absolute atomic E-state index is 0.505. The van der Waals surface area contributed by atoms with Gasteiger partial charge in [0, 0.05) is 6.42 Å². The van der Waals surface area contributed by atoms with Crippen LogP contribution in [0.15, 0.2) is 53.7 Å². The minimum atomic E-state index is 0.505. The first-order valence-electron chi connectivity index (χ1n) is 10.2. The molecule has 0 unspecified atom stereocenters. The predicted molar refractivity (Wildman–Crippen MR) is 122 cm³/mol.